The Kier molecular flexibility index (Phi) is 3.90. The lowest BCUT2D eigenvalue weighted by atomic mass is 9.90. The van der Waals surface area contributed by atoms with Crippen LogP contribution in [0, 0.1) is 0 Å². The third-order valence-electron chi connectivity index (χ3n) is 4.14. The standard InChI is InChI=1S/C13H22N2O2S/c1-4-13(3)12(17)15(9(2)11(16)14-13)10-6-5-7-18-8-10/h9-10H,4-8H2,1-3H3,(H,14,16). The van der Waals surface area contributed by atoms with Crippen LogP contribution in [0.3, 0.4) is 0 Å². The molecule has 102 valence electrons. The van der Waals surface area contributed by atoms with Crippen LogP contribution in [0.2, 0.25) is 0 Å². The van der Waals surface area contributed by atoms with Gasteiger partial charge >= 0.3 is 0 Å². The van der Waals surface area contributed by atoms with E-state index in [0.717, 1.165) is 18.6 Å². The van der Waals surface area contributed by atoms with Crippen molar-refractivity contribution in [1.29, 1.82) is 0 Å². The van der Waals surface area contributed by atoms with Gasteiger partial charge in [0.2, 0.25) is 11.8 Å². The van der Waals surface area contributed by atoms with Gasteiger partial charge in [0.1, 0.15) is 11.6 Å². The molecule has 0 radical (unpaired) electrons. The molecule has 0 bridgehead atoms. The Morgan fingerprint density at radius 1 is 1.50 bits per heavy atom. The Bertz CT molecular complexity index is 355. The number of thioether (sulfide) groups is 1. The van der Waals surface area contributed by atoms with Gasteiger partial charge in [-0.2, -0.15) is 11.8 Å². The molecular weight excluding hydrogens is 248 g/mol. The van der Waals surface area contributed by atoms with Crippen molar-refractivity contribution in [2.45, 2.75) is 57.7 Å². The van der Waals surface area contributed by atoms with E-state index < -0.39 is 5.54 Å². The topological polar surface area (TPSA) is 49.4 Å². The molecular formula is C13H22N2O2S. The maximum absolute atomic E-state index is 12.6. The number of carbonyl (C=O) groups is 2. The summed E-state index contributed by atoms with van der Waals surface area (Å²) in [6, 6.07) is -0.107. The van der Waals surface area contributed by atoms with Crippen LogP contribution in [-0.4, -0.2) is 45.8 Å². The second-order valence-electron chi connectivity index (χ2n) is 5.43. The average Bonchev–Trinajstić information content (AvgIpc) is 2.38. The quantitative estimate of drug-likeness (QED) is 0.825. The van der Waals surface area contributed by atoms with Crippen LogP contribution < -0.4 is 5.32 Å². The molecule has 0 aliphatic carbocycles. The maximum Gasteiger partial charge on any atom is 0.248 e. The molecule has 2 fully saturated rings. The lowest BCUT2D eigenvalue weighted by molar-refractivity contribution is -0.156. The summed E-state index contributed by atoms with van der Waals surface area (Å²) in [6.45, 7) is 5.62. The number of piperazine rings is 1. The highest BCUT2D eigenvalue weighted by atomic mass is 32.2. The molecule has 5 heteroatoms. The van der Waals surface area contributed by atoms with Gasteiger partial charge < -0.3 is 10.2 Å². The van der Waals surface area contributed by atoms with Gasteiger partial charge in [-0.1, -0.05) is 6.92 Å². The van der Waals surface area contributed by atoms with Crippen molar-refractivity contribution in [2.24, 2.45) is 0 Å². The van der Waals surface area contributed by atoms with Crippen LogP contribution >= 0.6 is 11.8 Å². The fourth-order valence-electron chi connectivity index (χ4n) is 2.68. The molecule has 0 aromatic heterocycles. The normalized spacial score (nSPS) is 37.6. The van der Waals surface area contributed by atoms with Crippen LogP contribution in [-0.2, 0) is 9.59 Å². The van der Waals surface area contributed by atoms with Gasteiger partial charge in [-0.25, -0.2) is 0 Å². The number of nitrogens with one attached hydrogen (secondary N) is 1. The van der Waals surface area contributed by atoms with E-state index in [1.54, 1.807) is 0 Å². The molecule has 4 nitrogen and oxygen atoms in total. The molecule has 1 N–H and O–H groups in total. The van der Waals surface area contributed by atoms with E-state index in [4.69, 9.17) is 0 Å². The first-order valence-corrected chi connectivity index (χ1v) is 7.87. The highest BCUT2D eigenvalue weighted by Gasteiger charge is 2.47. The van der Waals surface area contributed by atoms with Gasteiger partial charge in [-0.05, 0) is 38.9 Å². The highest BCUT2D eigenvalue weighted by molar-refractivity contribution is 7.99. The minimum absolute atomic E-state index is 0.0190. The number of hydrogen-bond donors (Lipinski definition) is 1. The molecule has 2 heterocycles. The molecule has 2 amide bonds. The SMILES string of the molecule is CCC1(C)NC(=O)C(C)N(C2CCCSC2)C1=O. The minimum atomic E-state index is -0.717. The number of hydrogen-bond acceptors (Lipinski definition) is 3. The van der Waals surface area contributed by atoms with E-state index in [0.29, 0.717) is 6.42 Å². The summed E-state index contributed by atoms with van der Waals surface area (Å²) in [7, 11) is 0. The van der Waals surface area contributed by atoms with Crippen LogP contribution in [0.1, 0.15) is 40.0 Å². The van der Waals surface area contributed by atoms with E-state index in [1.165, 1.54) is 5.75 Å². The van der Waals surface area contributed by atoms with Gasteiger partial charge in [0.25, 0.3) is 0 Å². The number of carbonyl (C=O) groups excluding carboxylic acids is 2. The molecule has 0 aromatic rings. The highest BCUT2D eigenvalue weighted by Crippen LogP contribution is 2.29. The van der Waals surface area contributed by atoms with Crippen molar-refractivity contribution in [3.05, 3.63) is 0 Å². The first kappa shape index (κ1) is 13.7. The Morgan fingerprint density at radius 2 is 2.22 bits per heavy atom. The first-order valence-electron chi connectivity index (χ1n) is 6.72. The van der Waals surface area contributed by atoms with E-state index >= 15 is 0 Å². The van der Waals surface area contributed by atoms with Crippen molar-refractivity contribution < 1.29 is 9.59 Å². The van der Waals surface area contributed by atoms with E-state index in [-0.39, 0.29) is 23.9 Å². The van der Waals surface area contributed by atoms with Crippen LogP contribution in [0.15, 0.2) is 0 Å². The maximum atomic E-state index is 12.6. The summed E-state index contributed by atoms with van der Waals surface area (Å²) >= 11 is 1.88. The third kappa shape index (κ3) is 2.25. The van der Waals surface area contributed by atoms with Gasteiger partial charge in [0, 0.05) is 11.8 Å². The van der Waals surface area contributed by atoms with Crippen LogP contribution in [0.25, 0.3) is 0 Å². The van der Waals surface area contributed by atoms with Crippen LogP contribution in [0.5, 0.6) is 0 Å². The largest absolute Gasteiger partial charge is 0.340 e. The summed E-state index contributed by atoms with van der Waals surface area (Å²) < 4.78 is 0. The molecule has 18 heavy (non-hydrogen) atoms. The second kappa shape index (κ2) is 5.11. The Hall–Kier alpha value is -0.710. The van der Waals surface area contributed by atoms with Crippen molar-refractivity contribution in [1.82, 2.24) is 10.2 Å². The second-order valence-corrected chi connectivity index (χ2v) is 6.58. The lowest BCUT2D eigenvalue weighted by Gasteiger charge is -2.47. The third-order valence-corrected chi connectivity index (χ3v) is 5.34. The molecule has 0 aromatic carbocycles. The number of rotatable bonds is 2. The molecule has 0 spiro atoms. The number of amides is 2. The van der Waals surface area contributed by atoms with Crippen molar-refractivity contribution in [3.8, 4) is 0 Å². The van der Waals surface area contributed by atoms with E-state index in [1.807, 2.05) is 37.4 Å². The summed E-state index contributed by atoms with van der Waals surface area (Å²) in [4.78, 5) is 26.5. The Labute approximate surface area is 113 Å². The zero-order chi connectivity index (χ0) is 13.3. The molecule has 2 rings (SSSR count). The zero-order valence-electron chi connectivity index (χ0n) is 11.4. The summed E-state index contributed by atoms with van der Waals surface area (Å²) in [5, 5.41) is 2.87. The first-order chi connectivity index (χ1) is 8.49. The lowest BCUT2D eigenvalue weighted by Crippen LogP contribution is -2.70. The van der Waals surface area contributed by atoms with Crippen molar-refractivity contribution in [3.63, 3.8) is 0 Å². The zero-order valence-corrected chi connectivity index (χ0v) is 12.2. The Balaban J connectivity index is 2.24. The predicted molar refractivity (Wildman–Crippen MR) is 73.5 cm³/mol. The van der Waals surface area contributed by atoms with Gasteiger partial charge in [-0.15, -0.1) is 0 Å². The van der Waals surface area contributed by atoms with Crippen molar-refractivity contribution >= 4 is 23.6 Å². The summed E-state index contributed by atoms with van der Waals surface area (Å²) in [6.07, 6.45) is 2.80. The molecule has 2 aliphatic heterocycles. The molecule has 3 unspecified atom stereocenters. The smallest absolute Gasteiger partial charge is 0.248 e. The van der Waals surface area contributed by atoms with Crippen LogP contribution in [0.4, 0.5) is 0 Å². The van der Waals surface area contributed by atoms with Gasteiger partial charge in [-0.3, -0.25) is 9.59 Å². The van der Waals surface area contributed by atoms with E-state index in [9.17, 15) is 9.59 Å². The molecule has 2 saturated heterocycles. The molecule has 2 aliphatic rings. The summed E-state index contributed by atoms with van der Waals surface area (Å²) in [5.74, 6) is 2.20. The molecule has 0 saturated carbocycles. The molecule has 3 atom stereocenters. The predicted octanol–water partition coefficient (Wildman–Crippen LogP) is 1.40. The Morgan fingerprint density at radius 3 is 2.78 bits per heavy atom. The average molecular weight is 270 g/mol. The minimum Gasteiger partial charge on any atom is -0.340 e. The van der Waals surface area contributed by atoms with Crippen molar-refractivity contribution in [2.75, 3.05) is 11.5 Å². The fraction of sp³-hybridized carbons (Fsp3) is 0.846. The van der Waals surface area contributed by atoms with Gasteiger partial charge in [0.15, 0.2) is 0 Å². The van der Waals surface area contributed by atoms with E-state index in [2.05, 4.69) is 5.32 Å². The number of nitrogens with zero attached hydrogens (tertiary/aromatic N) is 1. The monoisotopic (exact) mass is 270 g/mol. The van der Waals surface area contributed by atoms with Gasteiger partial charge in [0.05, 0.1) is 0 Å². The summed E-state index contributed by atoms with van der Waals surface area (Å²) in [5.41, 5.74) is -0.717. The fourth-order valence-corrected chi connectivity index (χ4v) is 3.82.